The molecule has 1 aromatic heterocycles. The molecule has 0 amide bonds. The van der Waals surface area contributed by atoms with Gasteiger partial charge in [-0.25, -0.2) is 0 Å². The zero-order valence-electron chi connectivity index (χ0n) is 17.8. The van der Waals surface area contributed by atoms with E-state index in [1.165, 1.54) is 0 Å². The molecule has 0 aliphatic heterocycles. The summed E-state index contributed by atoms with van der Waals surface area (Å²) < 4.78 is 0. The summed E-state index contributed by atoms with van der Waals surface area (Å²) in [5, 5.41) is 19.5. The first-order valence-corrected chi connectivity index (χ1v) is 10.4. The molecule has 0 unspecified atom stereocenters. The van der Waals surface area contributed by atoms with Gasteiger partial charge in [-0.2, -0.15) is 0 Å². The molecule has 0 bridgehead atoms. The molecule has 29 heavy (non-hydrogen) atoms. The van der Waals surface area contributed by atoms with E-state index in [2.05, 4.69) is 50.2 Å². The fourth-order valence-electron chi connectivity index (χ4n) is 3.31. The molecule has 2 aromatic carbocycles. The molecule has 4 nitrogen and oxygen atoms in total. The minimum absolute atomic E-state index is 0.0331. The summed E-state index contributed by atoms with van der Waals surface area (Å²) in [5.41, 5.74) is 4.57. The Morgan fingerprint density at radius 1 is 1.07 bits per heavy atom. The molecule has 0 aliphatic carbocycles. The Morgan fingerprint density at radius 2 is 1.79 bits per heavy atom. The van der Waals surface area contributed by atoms with Gasteiger partial charge >= 0.3 is 0 Å². The molecule has 0 atom stereocenters. The van der Waals surface area contributed by atoms with E-state index in [1.54, 1.807) is 6.20 Å². The van der Waals surface area contributed by atoms with E-state index in [9.17, 15) is 5.11 Å². The van der Waals surface area contributed by atoms with Crippen molar-refractivity contribution in [1.82, 2.24) is 10.3 Å². The Hall–Kier alpha value is -2.30. The van der Waals surface area contributed by atoms with Crippen LogP contribution in [0.5, 0.6) is 5.75 Å². The number of phenolic OH excluding ortho intramolecular Hbond substituents is 1. The van der Waals surface area contributed by atoms with Crippen molar-refractivity contribution < 1.29 is 5.11 Å². The molecular weight excluding hydrogens is 382 g/mol. The molecule has 0 saturated carbocycles. The highest BCUT2D eigenvalue weighted by molar-refractivity contribution is 6.31. The second kappa shape index (κ2) is 8.60. The fraction of sp³-hybridized carbons (Fsp3) is 0.375. The van der Waals surface area contributed by atoms with Crippen molar-refractivity contribution >= 4 is 33.9 Å². The summed E-state index contributed by atoms with van der Waals surface area (Å²) in [6, 6.07) is 11.7. The molecule has 3 rings (SSSR count). The standard InChI is InChI=1S/C24H30ClN3O/c1-15(2)10-16-11-19(12-17(23(16)29)14-27-24(3,4)5)28-21-8-9-26-22-13-18(25)6-7-20(21)22/h6-9,11-13,15,27,29H,10,14H2,1-5H3,(H,26,28). The van der Waals surface area contributed by atoms with Gasteiger partial charge in [-0.15, -0.1) is 0 Å². The van der Waals surface area contributed by atoms with Gasteiger partial charge in [0.2, 0.25) is 0 Å². The van der Waals surface area contributed by atoms with Crippen molar-refractivity contribution in [3.8, 4) is 5.75 Å². The van der Waals surface area contributed by atoms with Crippen LogP contribution in [0.3, 0.4) is 0 Å². The van der Waals surface area contributed by atoms with Gasteiger partial charge in [0.1, 0.15) is 5.75 Å². The van der Waals surface area contributed by atoms with Crippen LogP contribution in [0.4, 0.5) is 11.4 Å². The number of aromatic hydroxyl groups is 1. The normalized spacial score (nSPS) is 12.0. The van der Waals surface area contributed by atoms with Gasteiger partial charge in [0.25, 0.3) is 0 Å². The summed E-state index contributed by atoms with van der Waals surface area (Å²) in [5.74, 6) is 0.829. The van der Waals surface area contributed by atoms with E-state index in [1.807, 2.05) is 36.4 Å². The lowest BCUT2D eigenvalue weighted by Gasteiger charge is -2.22. The molecule has 5 heteroatoms. The highest BCUT2D eigenvalue weighted by atomic mass is 35.5. The summed E-state index contributed by atoms with van der Waals surface area (Å²) in [4.78, 5) is 4.41. The average Bonchev–Trinajstić information content (AvgIpc) is 2.62. The molecule has 0 saturated heterocycles. The number of hydrogen-bond donors (Lipinski definition) is 3. The number of aromatic nitrogens is 1. The van der Waals surface area contributed by atoms with Crippen molar-refractivity contribution in [2.45, 2.75) is 53.1 Å². The SMILES string of the molecule is CC(C)Cc1cc(Nc2ccnc3cc(Cl)ccc23)cc(CNC(C)(C)C)c1O. The topological polar surface area (TPSA) is 57.2 Å². The summed E-state index contributed by atoms with van der Waals surface area (Å²) in [6.45, 7) is 11.3. The highest BCUT2D eigenvalue weighted by Crippen LogP contribution is 2.33. The third-order valence-electron chi connectivity index (χ3n) is 4.69. The summed E-state index contributed by atoms with van der Waals surface area (Å²) in [6.07, 6.45) is 2.59. The minimum Gasteiger partial charge on any atom is -0.507 e. The average molecular weight is 412 g/mol. The van der Waals surface area contributed by atoms with Crippen LogP contribution in [0.25, 0.3) is 10.9 Å². The van der Waals surface area contributed by atoms with Gasteiger partial charge in [-0.3, -0.25) is 4.98 Å². The number of rotatable bonds is 6. The number of nitrogens with zero attached hydrogens (tertiary/aromatic N) is 1. The predicted molar refractivity (Wildman–Crippen MR) is 123 cm³/mol. The van der Waals surface area contributed by atoms with Crippen LogP contribution in [0, 0.1) is 5.92 Å². The minimum atomic E-state index is -0.0331. The predicted octanol–water partition coefficient (Wildman–Crippen LogP) is 6.42. The number of anilines is 2. The molecular formula is C24H30ClN3O. The van der Waals surface area contributed by atoms with Crippen LogP contribution in [-0.2, 0) is 13.0 Å². The van der Waals surface area contributed by atoms with Crippen LogP contribution in [0.15, 0.2) is 42.6 Å². The van der Waals surface area contributed by atoms with E-state index in [-0.39, 0.29) is 5.54 Å². The van der Waals surface area contributed by atoms with E-state index >= 15 is 0 Å². The third kappa shape index (κ3) is 5.62. The first-order chi connectivity index (χ1) is 13.6. The van der Waals surface area contributed by atoms with Crippen molar-refractivity contribution in [2.75, 3.05) is 5.32 Å². The summed E-state index contributed by atoms with van der Waals surface area (Å²) in [7, 11) is 0. The number of hydrogen-bond acceptors (Lipinski definition) is 4. The van der Waals surface area contributed by atoms with Crippen LogP contribution >= 0.6 is 11.6 Å². The van der Waals surface area contributed by atoms with E-state index in [4.69, 9.17) is 11.6 Å². The maximum atomic E-state index is 10.8. The maximum Gasteiger partial charge on any atom is 0.123 e. The molecule has 3 N–H and O–H groups in total. The molecule has 0 radical (unpaired) electrons. The number of pyridine rings is 1. The zero-order valence-corrected chi connectivity index (χ0v) is 18.6. The lowest BCUT2D eigenvalue weighted by Crippen LogP contribution is -2.35. The molecule has 154 valence electrons. The number of phenols is 1. The highest BCUT2D eigenvalue weighted by Gasteiger charge is 2.15. The zero-order chi connectivity index (χ0) is 21.2. The Labute approximate surface area is 178 Å². The van der Waals surface area contributed by atoms with E-state index in [0.29, 0.717) is 23.2 Å². The smallest absolute Gasteiger partial charge is 0.123 e. The van der Waals surface area contributed by atoms with Crippen molar-refractivity contribution in [2.24, 2.45) is 5.92 Å². The number of benzene rings is 2. The number of nitrogens with one attached hydrogen (secondary N) is 2. The van der Waals surface area contributed by atoms with Gasteiger partial charge in [-0.05, 0) is 75.1 Å². The second-order valence-corrected chi connectivity index (χ2v) is 9.43. The van der Waals surface area contributed by atoms with Crippen LogP contribution in [0.1, 0.15) is 45.7 Å². The summed E-state index contributed by atoms with van der Waals surface area (Å²) >= 11 is 6.11. The Balaban J connectivity index is 2.00. The lowest BCUT2D eigenvalue weighted by molar-refractivity contribution is 0.409. The van der Waals surface area contributed by atoms with Crippen molar-refractivity contribution in [3.63, 3.8) is 0 Å². The van der Waals surface area contributed by atoms with Gasteiger partial charge in [0, 0.05) is 45.6 Å². The molecule has 0 fully saturated rings. The molecule has 0 aliphatic rings. The molecule has 1 heterocycles. The van der Waals surface area contributed by atoms with Gasteiger partial charge in [0.15, 0.2) is 0 Å². The number of halogens is 1. The van der Waals surface area contributed by atoms with Gasteiger partial charge in [-0.1, -0.05) is 25.4 Å². The first-order valence-electron chi connectivity index (χ1n) is 10.0. The Kier molecular flexibility index (Phi) is 6.35. The Bertz CT molecular complexity index is 1010. The van der Waals surface area contributed by atoms with Crippen LogP contribution < -0.4 is 10.6 Å². The first kappa shape index (κ1) is 21.4. The Morgan fingerprint density at radius 3 is 2.48 bits per heavy atom. The second-order valence-electron chi connectivity index (χ2n) is 8.99. The number of fused-ring (bicyclic) bond motifs is 1. The van der Waals surface area contributed by atoms with E-state index in [0.717, 1.165) is 39.8 Å². The lowest BCUT2D eigenvalue weighted by atomic mass is 9.97. The fourth-order valence-corrected chi connectivity index (χ4v) is 3.47. The van der Waals surface area contributed by atoms with Crippen LogP contribution in [-0.4, -0.2) is 15.6 Å². The van der Waals surface area contributed by atoms with Crippen molar-refractivity contribution in [1.29, 1.82) is 0 Å². The van der Waals surface area contributed by atoms with Crippen LogP contribution in [0.2, 0.25) is 5.02 Å². The molecule has 3 aromatic rings. The molecule has 0 spiro atoms. The van der Waals surface area contributed by atoms with Gasteiger partial charge < -0.3 is 15.7 Å². The van der Waals surface area contributed by atoms with Crippen molar-refractivity contribution in [3.05, 3.63) is 58.7 Å². The largest absolute Gasteiger partial charge is 0.507 e. The third-order valence-corrected chi connectivity index (χ3v) is 4.92. The maximum absolute atomic E-state index is 10.8. The monoisotopic (exact) mass is 411 g/mol. The van der Waals surface area contributed by atoms with E-state index < -0.39 is 0 Å². The van der Waals surface area contributed by atoms with Gasteiger partial charge in [0.05, 0.1) is 5.52 Å². The quantitative estimate of drug-likeness (QED) is 0.409.